The number of aliphatic imine (C=N–C) groups is 1. The number of fused-ring (bicyclic) bond motifs is 1. The predicted octanol–water partition coefficient (Wildman–Crippen LogP) is 0.226. The van der Waals surface area contributed by atoms with Gasteiger partial charge in [-0.1, -0.05) is 32.9 Å². The van der Waals surface area contributed by atoms with E-state index < -0.39 is 6.04 Å². The highest BCUT2D eigenvalue weighted by Crippen LogP contribution is 2.22. The molecule has 2 amide bonds. The Bertz CT molecular complexity index is 1090. The van der Waals surface area contributed by atoms with Gasteiger partial charge in [0, 0.05) is 29.8 Å². The van der Waals surface area contributed by atoms with Gasteiger partial charge >= 0.3 is 0 Å². The molecule has 6 N–H and O–H groups in total. The van der Waals surface area contributed by atoms with E-state index in [0.717, 1.165) is 5.69 Å². The van der Waals surface area contributed by atoms with Crippen molar-refractivity contribution < 1.29 is 9.59 Å². The summed E-state index contributed by atoms with van der Waals surface area (Å²) in [6, 6.07) is 8.05. The molecule has 2 heterocycles. The molecule has 0 fully saturated rings. The number of carbonyl (C=O) groups excluding carboxylic acids is 2. The molecule has 1 unspecified atom stereocenters. The van der Waals surface area contributed by atoms with Crippen molar-refractivity contribution in [3.05, 3.63) is 58.0 Å². The van der Waals surface area contributed by atoms with Crippen molar-refractivity contribution in [2.75, 3.05) is 13.1 Å². The summed E-state index contributed by atoms with van der Waals surface area (Å²) in [5.41, 5.74) is 13.1. The molecule has 1 aliphatic rings. The molecule has 3 rings (SSSR count). The minimum Gasteiger partial charge on any atom is -0.370 e. The molecule has 0 bridgehead atoms. The van der Waals surface area contributed by atoms with Crippen LogP contribution in [0, 0.1) is 0 Å². The summed E-state index contributed by atoms with van der Waals surface area (Å²) < 4.78 is 0. The predicted molar refractivity (Wildman–Crippen MR) is 114 cm³/mol. The van der Waals surface area contributed by atoms with Crippen molar-refractivity contribution in [2.24, 2.45) is 26.4 Å². The summed E-state index contributed by atoms with van der Waals surface area (Å²) in [6.07, 6.45) is 0.633. The topological polar surface area (TPSA) is 151 Å². The first-order valence-electron chi connectivity index (χ1n) is 9.78. The average molecular weight is 409 g/mol. The molecule has 9 nitrogen and oxygen atoms in total. The molecule has 0 saturated heterocycles. The van der Waals surface area contributed by atoms with E-state index in [2.05, 4.69) is 46.0 Å². The van der Waals surface area contributed by atoms with Gasteiger partial charge in [0.25, 0.3) is 11.8 Å². The number of nitrogens with one attached hydrogen (secondary N) is 2. The molecule has 158 valence electrons. The van der Waals surface area contributed by atoms with Crippen molar-refractivity contribution in [2.45, 2.75) is 38.6 Å². The number of benzene rings is 1. The standard InChI is InChI=1S/C21H27N7O2/c1-21(2,3)15-11-14-17(27-15)28-19(30)16(26-14)12-5-7-13(8-6-12)18(29)24-9-4-10-25-20(22)23/h5-8,11,16H,4,9-10H2,1-3H3,(H,24,29)(H4,22,23,25)(H,27,28,30). The van der Waals surface area contributed by atoms with Gasteiger partial charge in [0.1, 0.15) is 5.36 Å². The second-order valence-corrected chi connectivity index (χ2v) is 8.19. The third-order valence-corrected chi connectivity index (χ3v) is 4.71. The molecule has 1 aliphatic heterocycles. The van der Waals surface area contributed by atoms with Crippen LogP contribution < -0.4 is 27.6 Å². The van der Waals surface area contributed by atoms with Gasteiger partial charge in [-0.3, -0.25) is 19.6 Å². The van der Waals surface area contributed by atoms with Crippen LogP contribution in [0.1, 0.15) is 54.8 Å². The lowest BCUT2D eigenvalue weighted by molar-refractivity contribution is -0.119. The van der Waals surface area contributed by atoms with Crippen LogP contribution in [-0.4, -0.2) is 35.8 Å². The van der Waals surface area contributed by atoms with E-state index in [4.69, 9.17) is 11.5 Å². The van der Waals surface area contributed by atoms with E-state index in [0.29, 0.717) is 41.5 Å². The minimum absolute atomic E-state index is 0.0349. The summed E-state index contributed by atoms with van der Waals surface area (Å²) in [5, 5.41) is 3.48. The van der Waals surface area contributed by atoms with Gasteiger partial charge in [-0.05, 0) is 30.2 Å². The van der Waals surface area contributed by atoms with Crippen molar-refractivity contribution in [3.8, 4) is 0 Å². The lowest BCUT2D eigenvalue weighted by Gasteiger charge is -2.15. The lowest BCUT2D eigenvalue weighted by Crippen LogP contribution is -2.32. The summed E-state index contributed by atoms with van der Waals surface area (Å²) in [4.78, 5) is 40.5. The fourth-order valence-corrected chi connectivity index (χ4v) is 3.01. The summed E-state index contributed by atoms with van der Waals surface area (Å²) >= 11 is 0. The first-order valence-corrected chi connectivity index (χ1v) is 9.78. The number of rotatable bonds is 6. The fraction of sp³-hybridized carbons (Fsp3) is 0.381. The number of amides is 2. The maximum atomic E-state index is 12.5. The van der Waals surface area contributed by atoms with Crippen molar-refractivity contribution in [3.63, 3.8) is 0 Å². The van der Waals surface area contributed by atoms with E-state index >= 15 is 0 Å². The Morgan fingerprint density at radius 2 is 1.93 bits per heavy atom. The summed E-state index contributed by atoms with van der Waals surface area (Å²) in [5.74, 6) is -0.500. The molecule has 1 atom stereocenters. The van der Waals surface area contributed by atoms with Gasteiger partial charge in [-0.2, -0.15) is 4.99 Å². The summed E-state index contributed by atoms with van der Waals surface area (Å²) in [6.45, 7) is 7.14. The number of guanidine groups is 1. The zero-order chi connectivity index (χ0) is 21.9. The Morgan fingerprint density at radius 3 is 2.57 bits per heavy atom. The Morgan fingerprint density at radius 1 is 1.23 bits per heavy atom. The van der Waals surface area contributed by atoms with Crippen molar-refractivity contribution in [1.82, 2.24) is 10.3 Å². The average Bonchev–Trinajstić information content (AvgIpc) is 3.10. The van der Waals surface area contributed by atoms with E-state index in [9.17, 15) is 9.59 Å². The van der Waals surface area contributed by atoms with Gasteiger partial charge in [0.05, 0.1) is 0 Å². The van der Waals surface area contributed by atoms with Gasteiger partial charge in [0.2, 0.25) is 0 Å². The van der Waals surface area contributed by atoms with Crippen LogP contribution in [0.5, 0.6) is 0 Å². The largest absolute Gasteiger partial charge is 0.370 e. The zero-order valence-corrected chi connectivity index (χ0v) is 17.4. The highest BCUT2D eigenvalue weighted by atomic mass is 16.2. The van der Waals surface area contributed by atoms with Crippen molar-refractivity contribution >= 4 is 17.8 Å². The number of nitrogens with two attached hydrogens (primary N) is 2. The Hall–Kier alpha value is -3.49. The molecule has 0 spiro atoms. The third-order valence-electron chi connectivity index (χ3n) is 4.71. The lowest BCUT2D eigenvalue weighted by atomic mass is 9.93. The van der Waals surface area contributed by atoms with Gasteiger partial charge in [-0.15, -0.1) is 0 Å². The van der Waals surface area contributed by atoms with E-state index in [1.54, 1.807) is 24.3 Å². The highest BCUT2D eigenvalue weighted by Gasteiger charge is 2.24. The Kier molecular flexibility index (Phi) is 6.00. The number of hydrogen-bond acceptors (Lipinski definition) is 4. The highest BCUT2D eigenvalue weighted by molar-refractivity contribution is 5.94. The van der Waals surface area contributed by atoms with Crippen LogP contribution in [0.15, 0.2) is 45.3 Å². The monoisotopic (exact) mass is 409 g/mol. The molecule has 1 aromatic carbocycles. The Balaban J connectivity index is 1.70. The van der Waals surface area contributed by atoms with Crippen LogP contribution in [-0.2, 0) is 10.2 Å². The maximum absolute atomic E-state index is 12.5. The third kappa shape index (κ3) is 4.91. The van der Waals surface area contributed by atoms with Crippen LogP contribution in [0.25, 0.3) is 0 Å². The second kappa shape index (κ2) is 8.48. The fourth-order valence-electron chi connectivity index (χ4n) is 3.01. The molecule has 30 heavy (non-hydrogen) atoms. The van der Waals surface area contributed by atoms with Crippen LogP contribution in [0.4, 0.5) is 0 Å². The molecular weight excluding hydrogens is 382 g/mol. The number of aromatic amines is 1. The number of nitrogens with zero attached hydrogens (tertiary/aromatic N) is 3. The number of carbonyl (C=O) groups is 2. The molecular formula is C21H27N7O2. The zero-order valence-electron chi connectivity index (χ0n) is 17.4. The first-order chi connectivity index (χ1) is 14.1. The quantitative estimate of drug-likeness (QED) is 0.306. The number of aromatic nitrogens is 1. The van der Waals surface area contributed by atoms with E-state index in [1.807, 2.05) is 6.07 Å². The van der Waals surface area contributed by atoms with Gasteiger partial charge < -0.3 is 21.8 Å². The van der Waals surface area contributed by atoms with Crippen LogP contribution in [0.2, 0.25) is 0 Å². The van der Waals surface area contributed by atoms with Crippen molar-refractivity contribution in [1.29, 1.82) is 0 Å². The molecule has 0 aliphatic carbocycles. The number of H-pyrrole nitrogens is 1. The Labute approximate surface area is 174 Å². The molecule has 9 heteroatoms. The molecule has 0 radical (unpaired) electrons. The number of hydrogen-bond donors (Lipinski definition) is 4. The van der Waals surface area contributed by atoms with Gasteiger partial charge in [-0.25, -0.2) is 0 Å². The second-order valence-electron chi connectivity index (χ2n) is 8.19. The van der Waals surface area contributed by atoms with E-state index in [1.165, 1.54) is 0 Å². The van der Waals surface area contributed by atoms with Crippen LogP contribution in [0.3, 0.4) is 0 Å². The normalized spacial score (nSPS) is 15.6. The van der Waals surface area contributed by atoms with Gasteiger partial charge in [0.15, 0.2) is 17.5 Å². The first kappa shape index (κ1) is 21.2. The minimum atomic E-state index is -0.710. The molecule has 1 aromatic heterocycles. The van der Waals surface area contributed by atoms with Crippen LogP contribution >= 0.6 is 0 Å². The maximum Gasteiger partial charge on any atom is 0.277 e. The smallest absolute Gasteiger partial charge is 0.277 e. The molecule has 0 saturated carbocycles. The van der Waals surface area contributed by atoms with E-state index in [-0.39, 0.29) is 23.2 Å². The molecule has 2 aromatic rings. The summed E-state index contributed by atoms with van der Waals surface area (Å²) in [7, 11) is 0. The SMILES string of the molecule is CC(C)(C)c1cc2c([nH]1)=NC(=O)C(c1ccc(C(=O)NCCCN=C(N)N)cc1)N=2.